The average Bonchev–Trinajstić information content (AvgIpc) is 3.44. The SMILES string of the molecule is CC[C@H](C(=O)N1CCN(c2cccc(OC)c2)CC1)n1nc(C)n2c(cc3occc32)c1=O. The summed E-state index contributed by atoms with van der Waals surface area (Å²) >= 11 is 0. The van der Waals surface area contributed by atoms with Crippen molar-refractivity contribution in [2.45, 2.75) is 26.3 Å². The Labute approximate surface area is 190 Å². The van der Waals surface area contributed by atoms with Gasteiger partial charge in [-0.25, -0.2) is 4.68 Å². The molecular weight excluding hydrogens is 422 g/mol. The highest BCUT2D eigenvalue weighted by Crippen LogP contribution is 2.24. The molecule has 0 aliphatic carbocycles. The fourth-order valence-electron chi connectivity index (χ4n) is 4.66. The predicted molar refractivity (Wildman–Crippen MR) is 125 cm³/mol. The van der Waals surface area contributed by atoms with Crippen LogP contribution in [0.2, 0.25) is 0 Å². The number of ether oxygens (including phenoxy) is 1. The number of hydrogen-bond donors (Lipinski definition) is 0. The third-order valence-corrected chi connectivity index (χ3v) is 6.40. The largest absolute Gasteiger partial charge is 0.497 e. The average molecular weight is 450 g/mol. The normalized spacial score (nSPS) is 15.4. The minimum atomic E-state index is -0.647. The van der Waals surface area contributed by atoms with Gasteiger partial charge in [-0.2, -0.15) is 5.10 Å². The van der Waals surface area contributed by atoms with E-state index in [9.17, 15) is 9.59 Å². The second-order valence-corrected chi connectivity index (χ2v) is 8.27. The summed E-state index contributed by atoms with van der Waals surface area (Å²) in [5, 5.41) is 4.53. The Bertz CT molecular complexity index is 1380. The van der Waals surface area contributed by atoms with E-state index in [0.717, 1.165) is 17.0 Å². The minimum absolute atomic E-state index is 0.0728. The van der Waals surface area contributed by atoms with E-state index in [1.807, 2.05) is 49.1 Å². The summed E-state index contributed by atoms with van der Waals surface area (Å²) in [5.41, 5.74) is 2.67. The van der Waals surface area contributed by atoms with Crippen molar-refractivity contribution >= 4 is 28.2 Å². The molecule has 4 heterocycles. The fourth-order valence-corrected chi connectivity index (χ4v) is 4.66. The molecule has 0 radical (unpaired) electrons. The number of aromatic nitrogens is 3. The van der Waals surface area contributed by atoms with Crippen molar-refractivity contribution in [1.82, 2.24) is 19.1 Å². The molecule has 0 N–H and O–H groups in total. The van der Waals surface area contributed by atoms with Crippen molar-refractivity contribution in [1.29, 1.82) is 0 Å². The van der Waals surface area contributed by atoms with E-state index in [4.69, 9.17) is 9.15 Å². The number of piperazine rings is 1. The Morgan fingerprint density at radius 1 is 1.15 bits per heavy atom. The Hall–Kier alpha value is -3.75. The molecule has 0 bridgehead atoms. The highest BCUT2D eigenvalue weighted by molar-refractivity contribution is 5.83. The van der Waals surface area contributed by atoms with Gasteiger partial charge in [0.15, 0.2) is 5.58 Å². The summed E-state index contributed by atoms with van der Waals surface area (Å²) in [7, 11) is 1.65. The quantitative estimate of drug-likeness (QED) is 0.466. The lowest BCUT2D eigenvalue weighted by Crippen LogP contribution is -2.51. The molecule has 4 aromatic rings. The van der Waals surface area contributed by atoms with Crippen LogP contribution in [0.4, 0.5) is 5.69 Å². The molecule has 1 aliphatic rings. The molecule has 5 rings (SSSR count). The van der Waals surface area contributed by atoms with Crippen molar-refractivity contribution in [3.05, 3.63) is 58.8 Å². The Balaban J connectivity index is 1.38. The summed E-state index contributed by atoms with van der Waals surface area (Å²) in [4.78, 5) is 30.8. The number of benzene rings is 1. The molecule has 0 unspecified atom stereocenters. The molecule has 1 fully saturated rings. The topological polar surface area (TPSA) is 85.2 Å². The molecule has 3 aromatic heterocycles. The van der Waals surface area contributed by atoms with Gasteiger partial charge in [-0.05, 0) is 25.5 Å². The molecular formula is C24H27N5O4. The number of fused-ring (bicyclic) bond motifs is 3. The molecule has 9 nitrogen and oxygen atoms in total. The smallest absolute Gasteiger partial charge is 0.291 e. The Morgan fingerprint density at radius 3 is 2.67 bits per heavy atom. The zero-order valence-corrected chi connectivity index (χ0v) is 19.0. The molecule has 1 saturated heterocycles. The molecule has 9 heteroatoms. The van der Waals surface area contributed by atoms with Crippen LogP contribution in [0, 0.1) is 6.92 Å². The van der Waals surface area contributed by atoms with E-state index in [0.29, 0.717) is 49.5 Å². The summed E-state index contributed by atoms with van der Waals surface area (Å²) in [6, 6.07) is 10.8. The Kier molecular flexibility index (Phi) is 5.32. The maximum absolute atomic E-state index is 13.5. The number of amides is 1. The van der Waals surface area contributed by atoms with E-state index in [1.165, 1.54) is 4.68 Å². The molecule has 1 aliphatic heterocycles. The third kappa shape index (κ3) is 3.53. The zero-order valence-electron chi connectivity index (χ0n) is 19.0. The monoisotopic (exact) mass is 449 g/mol. The van der Waals surface area contributed by atoms with Crippen LogP contribution in [-0.4, -0.2) is 58.3 Å². The number of nitrogens with zero attached hydrogens (tertiary/aromatic N) is 5. The summed E-state index contributed by atoms with van der Waals surface area (Å²) in [6.07, 6.45) is 2.07. The molecule has 1 atom stereocenters. The van der Waals surface area contributed by atoms with Gasteiger partial charge in [0.25, 0.3) is 5.56 Å². The van der Waals surface area contributed by atoms with Gasteiger partial charge >= 0.3 is 0 Å². The number of carbonyl (C=O) groups is 1. The van der Waals surface area contributed by atoms with E-state index in [-0.39, 0.29) is 11.5 Å². The second kappa shape index (κ2) is 8.31. The first-order valence-electron chi connectivity index (χ1n) is 11.2. The standard InChI is InChI=1S/C24H27N5O4/c1-4-19(29-24(31)21-15-22-20(8-13-33-22)28(21)16(2)25-29)23(30)27-11-9-26(10-12-27)17-6-5-7-18(14-17)32-3/h5-8,13-15,19H,4,9-12H2,1-3H3/t19-/m1/s1. The second-order valence-electron chi connectivity index (χ2n) is 8.27. The van der Waals surface area contributed by atoms with Gasteiger partial charge < -0.3 is 19.0 Å². The highest BCUT2D eigenvalue weighted by Gasteiger charge is 2.30. The van der Waals surface area contributed by atoms with Crippen LogP contribution < -0.4 is 15.2 Å². The van der Waals surface area contributed by atoms with E-state index < -0.39 is 6.04 Å². The number of hydrogen-bond acceptors (Lipinski definition) is 6. The van der Waals surface area contributed by atoms with Gasteiger partial charge in [0.2, 0.25) is 5.91 Å². The maximum Gasteiger partial charge on any atom is 0.291 e. The molecule has 0 spiro atoms. The number of furan rings is 1. The molecule has 1 aromatic carbocycles. The van der Waals surface area contributed by atoms with Crippen LogP contribution in [0.25, 0.3) is 16.6 Å². The minimum Gasteiger partial charge on any atom is -0.497 e. The molecule has 0 saturated carbocycles. The van der Waals surface area contributed by atoms with Gasteiger partial charge in [0, 0.05) is 50.1 Å². The summed E-state index contributed by atoms with van der Waals surface area (Å²) in [6.45, 7) is 6.34. The van der Waals surface area contributed by atoms with Crippen molar-refractivity contribution in [2.75, 3.05) is 38.2 Å². The lowest BCUT2D eigenvalue weighted by molar-refractivity contribution is -0.135. The number of aryl methyl sites for hydroxylation is 1. The van der Waals surface area contributed by atoms with Gasteiger partial charge in [-0.15, -0.1) is 0 Å². The van der Waals surface area contributed by atoms with Gasteiger partial charge in [0.1, 0.15) is 23.1 Å². The van der Waals surface area contributed by atoms with Crippen LogP contribution in [-0.2, 0) is 4.79 Å². The van der Waals surface area contributed by atoms with Gasteiger partial charge in [0.05, 0.1) is 18.9 Å². The molecule has 172 valence electrons. The first-order chi connectivity index (χ1) is 16.0. The van der Waals surface area contributed by atoms with E-state index in [1.54, 1.807) is 23.8 Å². The van der Waals surface area contributed by atoms with Crippen molar-refractivity contribution in [3.63, 3.8) is 0 Å². The van der Waals surface area contributed by atoms with E-state index >= 15 is 0 Å². The zero-order chi connectivity index (χ0) is 23.1. The van der Waals surface area contributed by atoms with Gasteiger partial charge in [-0.3, -0.25) is 14.0 Å². The number of anilines is 1. The lowest BCUT2D eigenvalue weighted by Gasteiger charge is -2.37. The maximum atomic E-state index is 13.5. The van der Waals surface area contributed by atoms with Crippen molar-refractivity contribution < 1.29 is 13.9 Å². The van der Waals surface area contributed by atoms with Crippen LogP contribution in [0.1, 0.15) is 25.2 Å². The van der Waals surface area contributed by atoms with Crippen molar-refractivity contribution in [2.24, 2.45) is 0 Å². The predicted octanol–water partition coefficient (Wildman–Crippen LogP) is 2.86. The molecule has 33 heavy (non-hydrogen) atoms. The number of rotatable bonds is 5. The lowest BCUT2D eigenvalue weighted by atomic mass is 10.1. The van der Waals surface area contributed by atoms with Crippen LogP contribution >= 0.6 is 0 Å². The summed E-state index contributed by atoms with van der Waals surface area (Å²) < 4.78 is 13.9. The van der Waals surface area contributed by atoms with E-state index in [2.05, 4.69) is 10.00 Å². The van der Waals surface area contributed by atoms with Gasteiger partial charge in [-0.1, -0.05) is 13.0 Å². The molecule has 1 amide bonds. The van der Waals surface area contributed by atoms with Crippen LogP contribution in [0.15, 0.2) is 51.9 Å². The third-order valence-electron chi connectivity index (χ3n) is 6.40. The Morgan fingerprint density at radius 2 is 1.94 bits per heavy atom. The fraction of sp³-hybridized carbons (Fsp3) is 0.375. The van der Waals surface area contributed by atoms with Crippen LogP contribution in [0.3, 0.4) is 0 Å². The number of methoxy groups -OCH3 is 1. The van der Waals surface area contributed by atoms with Crippen LogP contribution in [0.5, 0.6) is 5.75 Å². The van der Waals surface area contributed by atoms with Crippen molar-refractivity contribution in [3.8, 4) is 5.75 Å². The first-order valence-corrected chi connectivity index (χ1v) is 11.2. The summed E-state index contributed by atoms with van der Waals surface area (Å²) in [5.74, 6) is 1.37. The highest BCUT2D eigenvalue weighted by atomic mass is 16.5. The first kappa shape index (κ1) is 21.1. The number of carbonyl (C=O) groups excluding carboxylic acids is 1.